The molecule has 4 rings (SSSR count). The number of amides is 1. The zero-order valence-electron chi connectivity index (χ0n) is 14.4. The van der Waals surface area contributed by atoms with Gasteiger partial charge in [0.25, 0.3) is 0 Å². The van der Waals surface area contributed by atoms with Crippen LogP contribution < -0.4 is 0 Å². The quantitative estimate of drug-likeness (QED) is 0.789. The lowest BCUT2D eigenvalue weighted by Crippen LogP contribution is -2.43. The molecule has 0 radical (unpaired) electrons. The van der Waals surface area contributed by atoms with Crippen molar-refractivity contribution in [1.82, 2.24) is 14.5 Å². The average Bonchev–Trinajstić information content (AvgIpc) is 3.10. The van der Waals surface area contributed by atoms with Gasteiger partial charge < -0.3 is 14.6 Å². The molecule has 1 aromatic heterocycles. The Morgan fingerprint density at radius 1 is 1.15 bits per heavy atom. The number of carboxylic acids is 1. The molecule has 6 nitrogen and oxygen atoms in total. The minimum atomic E-state index is -0.907. The predicted molar refractivity (Wildman–Crippen MR) is 96.7 cm³/mol. The van der Waals surface area contributed by atoms with E-state index in [0.717, 1.165) is 22.2 Å². The predicted octanol–water partition coefficient (Wildman–Crippen LogP) is 2.81. The summed E-state index contributed by atoms with van der Waals surface area (Å²) in [5.74, 6) is -1.71. The lowest BCUT2D eigenvalue weighted by Gasteiger charge is -2.34. The first-order valence-electron chi connectivity index (χ1n) is 8.57. The Bertz CT molecular complexity index is 995. The molecule has 2 unspecified atom stereocenters. The molecule has 1 amide bonds. The molecule has 3 aromatic rings. The van der Waals surface area contributed by atoms with Crippen molar-refractivity contribution in [3.8, 4) is 0 Å². The van der Waals surface area contributed by atoms with Crippen LogP contribution in [0.1, 0.15) is 30.0 Å². The van der Waals surface area contributed by atoms with Gasteiger partial charge in [0.15, 0.2) is 0 Å². The number of aliphatic carboxylic acids is 1. The molecule has 1 N–H and O–H groups in total. The second kappa shape index (κ2) is 6.29. The Hall–Kier alpha value is -3.15. The summed E-state index contributed by atoms with van der Waals surface area (Å²) in [7, 11) is 0. The van der Waals surface area contributed by atoms with Gasteiger partial charge in [-0.05, 0) is 30.2 Å². The largest absolute Gasteiger partial charge is 0.481 e. The van der Waals surface area contributed by atoms with Crippen molar-refractivity contribution in [2.45, 2.75) is 25.4 Å². The highest BCUT2D eigenvalue weighted by Crippen LogP contribution is 2.30. The summed E-state index contributed by atoms with van der Waals surface area (Å²) in [6.07, 6.45) is 1.67. The Morgan fingerprint density at radius 2 is 1.88 bits per heavy atom. The summed E-state index contributed by atoms with van der Waals surface area (Å²) in [6.45, 7) is 2.44. The van der Waals surface area contributed by atoms with Crippen molar-refractivity contribution in [2.75, 3.05) is 6.54 Å². The third-order valence-corrected chi connectivity index (χ3v) is 5.06. The molecular formula is C20H19N3O3. The first-order chi connectivity index (χ1) is 12.6. The van der Waals surface area contributed by atoms with Crippen LogP contribution in [0.2, 0.25) is 0 Å². The number of carboxylic acid groups (broad SMARTS) is 1. The first kappa shape index (κ1) is 16.3. The van der Waals surface area contributed by atoms with Gasteiger partial charge in [0, 0.05) is 13.1 Å². The van der Waals surface area contributed by atoms with Crippen molar-refractivity contribution in [3.63, 3.8) is 0 Å². The van der Waals surface area contributed by atoms with E-state index in [-0.39, 0.29) is 12.5 Å². The van der Waals surface area contributed by atoms with E-state index >= 15 is 0 Å². The standard InChI is InChI=1S/C20H19N3O3/c1-13(23-12-21-17-8-4-5-9-18(17)23)19(24)22-10-14-6-2-3-7-15(14)16(11-22)20(25)26/h2-9,12-13,16H,10-11H2,1H3,(H,25,26). The van der Waals surface area contributed by atoms with E-state index in [1.54, 1.807) is 11.2 Å². The van der Waals surface area contributed by atoms with Crippen molar-refractivity contribution in [2.24, 2.45) is 0 Å². The number of aromatic nitrogens is 2. The van der Waals surface area contributed by atoms with Crippen LogP contribution in [0.4, 0.5) is 0 Å². The van der Waals surface area contributed by atoms with Crippen LogP contribution in [0.15, 0.2) is 54.9 Å². The molecule has 0 saturated carbocycles. The van der Waals surface area contributed by atoms with Gasteiger partial charge in [0.05, 0.1) is 23.3 Å². The van der Waals surface area contributed by atoms with Crippen LogP contribution in [0.25, 0.3) is 11.0 Å². The van der Waals surface area contributed by atoms with Crippen LogP contribution in [0.3, 0.4) is 0 Å². The number of rotatable bonds is 3. The van der Waals surface area contributed by atoms with Crippen molar-refractivity contribution >= 4 is 22.9 Å². The molecule has 132 valence electrons. The van der Waals surface area contributed by atoms with Gasteiger partial charge in [-0.2, -0.15) is 0 Å². The summed E-state index contributed by atoms with van der Waals surface area (Å²) >= 11 is 0. The molecule has 2 atom stereocenters. The molecule has 0 aliphatic carbocycles. The first-order valence-corrected chi connectivity index (χ1v) is 8.57. The number of carbonyl (C=O) groups is 2. The molecule has 1 aliphatic rings. The van der Waals surface area contributed by atoms with Gasteiger partial charge in [-0.1, -0.05) is 36.4 Å². The van der Waals surface area contributed by atoms with Gasteiger partial charge in [0.2, 0.25) is 5.91 Å². The highest BCUT2D eigenvalue weighted by Gasteiger charge is 2.34. The van der Waals surface area contributed by atoms with E-state index < -0.39 is 17.9 Å². The molecule has 0 fully saturated rings. The Kier molecular flexibility index (Phi) is 3.95. The molecule has 6 heteroatoms. The zero-order valence-corrected chi connectivity index (χ0v) is 14.4. The fourth-order valence-electron chi connectivity index (χ4n) is 3.66. The smallest absolute Gasteiger partial charge is 0.312 e. The molecule has 1 aliphatic heterocycles. The fourth-order valence-corrected chi connectivity index (χ4v) is 3.66. The van der Waals surface area contributed by atoms with Gasteiger partial charge in [-0.25, -0.2) is 4.98 Å². The molecule has 0 saturated heterocycles. The van der Waals surface area contributed by atoms with Crippen LogP contribution >= 0.6 is 0 Å². The monoisotopic (exact) mass is 349 g/mol. The number of hydrogen-bond donors (Lipinski definition) is 1. The van der Waals surface area contributed by atoms with Crippen LogP contribution in [-0.4, -0.2) is 38.0 Å². The summed E-state index contributed by atoms with van der Waals surface area (Å²) in [5.41, 5.74) is 3.41. The summed E-state index contributed by atoms with van der Waals surface area (Å²) in [6, 6.07) is 14.6. The third-order valence-electron chi connectivity index (χ3n) is 5.06. The number of para-hydroxylation sites is 2. The number of carbonyl (C=O) groups excluding carboxylic acids is 1. The Morgan fingerprint density at radius 3 is 2.69 bits per heavy atom. The maximum Gasteiger partial charge on any atom is 0.312 e. The maximum atomic E-state index is 13.1. The fraction of sp³-hybridized carbons (Fsp3) is 0.250. The highest BCUT2D eigenvalue weighted by molar-refractivity contribution is 5.85. The molecule has 26 heavy (non-hydrogen) atoms. The molecule has 2 aromatic carbocycles. The SMILES string of the molecule is CC(C(=O)N1Cc2ccccc2C(C(=O)O)C1)n1cnc2ccccc21. The van der Waals surface area contributed by atoms with Gasteiger partial charge in [-0.15, -0.1) is 0 Å². The van der Waals surface area contributed by atoms with Gasteiger partial charge in [-0.3, -0.25) is 9.59 Å². The summed E-state index contributed by atoms with van der Waals surface area (Å²) in [4.78, 5) is 30.8. The molecule has 2 heterocycles. The number of nitrogens with zero attached hydrogens (tertiary/aromatic N) is 3. The Balaban J connectivity index is 1.65. The lowest BCUT2D eigenvalue weighted by molar-refractivity contribution is -0.142. The number of imidazole rings is 1. The highest BCUT2D eigenvalue weighted by atomic mass is 16.4. The minimum Gasteiger partial charge on any atom is -0.481 e. The minimum absolute atomic E-state index is 0.103. The van der Waals surface area contributed by atoms with E-state index in [4.69, 9.17) is 0 Å². The maximum absolute atomic E-state index is 13.1. The van der Waals surface area contributed by atoms with E-state index in [1.807, 2.05) is 60.0 Å². The molecule has 0 spiro atoms. The van der Waals surface area contributed by atoms with Gasteiger partial charge >= 0.3 is 5.97 Å². The van der Waals surface area contributed by atoms with Gasteiger partial charge in [0.1, 0.15) is 6.04 Å². The van der Waals surface area contributed by atoms with Crippen LogP contribution in [0, 0.1) is 0 Å². The van der Waals surface area contributed by atoms with Crippen molar-refractivity contribution in [3.05, 3.63) is 66.0 Å². The molecule has 0 bridgehead atoms. The normalized spacial score (nSPS) is 17.7. The van der Waals surface area contributed by atoms with E-state index in [1.165, 1.54) is 0 Å². The summed E-state index contributed by atoms with van der Waals surface area (Å²) < 4.78 is 1.84. The summed E-state index contributed by atoms with van der Waals surface area (Å²) in [5, 5.41) is 9.60. The Labute approximate surface area is 150 Å². The average molecular weight is 349 g/mol. The van der Waals surface area contributed by atoms with Crippen LogP contribution in [0.5, 0.6) is 0 Å². The van der Waals surface area contributed by atoms with E-state index in [0.29, 0.717) is 6.54 Å². The third kappa shape index (κ3) is 2.63. The van der Waals surface area contributed by atoms with Crippen molar-refractivity contribution in [1.29, 1.82) is 0 Å². The number of benzene rings is 2. The lowest BCUT2D eigenvalue weighted by atomic mass is 9.89. The number of fused-ring (bicyclic) bond motifs is 2. The van der Waals surface area contributed by atoms with E-state index in [9.17, 15) is 14.7 Å². The topological polar surface area (TPSA) is 75.4 Å². The number of hydrogen-bond acceptors (Lipinski definition) is 3. The second-order valence-electron chi connectivity index (χ2n) is 6.62. The van der Waals surface area contributed by atoms with E-state index in [2.05, 4.69) is 4.98 Å². The van der Waals surface area contributed by atoms with Crippen molar-refractivity contribution < 1.29 is 14.7 Å². The molecular weight excluding hydrogens is 330 g/mol. The van der Waals surface area contributed by atoms with Crippen LogP contribution in [-0.2, 0) is 16.1 Å². The zero-order chi connectivity index (χ0) is 18.3. The second-order valence-corrected chi connectivity index (χ2v) is 6.62.